The van der Waals surface area contributed by atoms with Gasteiger partial charge in [0.05, 0.1) is 0 Å². The summed E-state index contributed by atoms with van der Waals surface area (Å²) in [5, 5.41) is 6.68. The van der Waals surface area contributed by atoms with Crippen LogP contribution in [0.5, 0.6) is 0 Å². The van der Waals surface area contributed by atoms with Gasteiger partial charge in [-0.05, 0) is 18.1 Å². The molecule has 1 aromatic carbocycles. The molecule has 0 aliphatic heterocycles. The molecule has 0 bridgehead atoms. The van der Waals surface area contributed by atoms with Gasteiger partial charge in [0, 0.05) is 36.7 Å². The minimum atomic E-state index is -0.166. The van der Waals surface area contributed by atoms with Crippen molar-refractivity contribution in [2.75, 3.05) is 19.6 Å². The second-order valence-electron chi connectivity index (χ2n) is 4.08. The summed E-state index contributed by atoms with van der Waals surface area (Å²) in [4.78, 5) is 14.5. The van der Waals surface area contributed by atoms with E-state index in [9.17, 15) is 4.79 Å². The van der Waals surface area contributed by atoms with Gasteiger partial charge in [-0.25, -0.2) is 4.79 Å². The molecule has 5 nitrogen and oxygen atoms in total. The van der Waals surface area contributed by atoms with Gasteiger partial charge in [-0.1, -0.05) is 18.2 Å². The van der Waals surface area contributed by atoms with E-state index in [2.05, 4.69) is 21.7 Å². The molecule has 0 aliphatic carbocycles. The minimum Gasteiger partial charge on any atom is -0.361 e. The summed E-state index contributed by atoms with van der Waals surface area (Å²) in [6.45, 7) is 1.56. The summed E-state index contributed by atoms with van der Waals surface area (Å²) in [6, 6.07) is 7.97. The van der Waals surface area contributed by atoms with Crippen LogP contribution in [0.25, 0.3) is 10.9 Å². The maximum absolute atomic E-state index is 11.3. The summed E-state index contributed by atoms with van der Waals surface area (Å²) in [5.74, 6) is 0. The van der Waals surface area contributed by atoms with Gasteiger partial charge < -0.3 is 21.4 Å². The first-order valence-corrected chi connectivity index (χ1v) is 6.08. The van der Waals surface area contributed by atoms with Crippen LogP contribution in [0.15, 0.2) is 30.5 Å². The molecule has 2 amide bonds. The second kappa shape index (κ2) is 6.07. The van der Waals surface area contributed by atoms with Crippen molar-refractivity contribution in [3.05, 3.63) is 36.0 Å². The minimum absolute atomic E-state index is 0.166. The number of rotatable bonds is 5. The number of urea groups is 1. The number of aromatic nitrogens is 1. The van der Waals surface area contributed by atoms with Gasteiger partial charge in [0.2, 0.25) is 0 Å². The number of fused-ring (bicyclic) bond motifs is 1. The number of carbonyl (C=O) groups excluding carboxylic acids is 1. The number of hydrogen-bond acceptors (Lipinski definition) is 2. The summed E-state index contributed by atoms with van der Waals surface area (Å²) < 4.78 is 0. The first-order chi connectivity index (χ1) is 8.81. The molecule has 0 spiro atoms. The number of nitrogens with two attached hydrogens (primary N) is 1. The standard InChI is InChI=1S/C13H18N4O/c14-6-8-16-13(18)15-7-5-10-9-17-12-4-2-1-3-11(10)12/h1-4,9,17H,5-8,14H2,(H2,15,16,18). The first-order valence-electron chi connectivity index (χ1n) is 6.08. The Bertz CT molecular complexity index is 520. The van der Waals surface area contributed by atoms with E-state index in [4.69, 9.17) is 5.73 Å². The number of para-hydroxylation sites is 1. The van der Waals surface area contributed by atoms with Crippen LogP contribution >= 0.6 is 0 Å². The SMILES string of the molecule is NCCNC(=O)NCCc1c[nH]c2ccccc12. The Morgan fingerprint density at radius 2 is 2.00 bits per heavy atom. The molecular formula is C13H18N4O. The molecule has 96 valence electrons. The van der Waals surface area contributed by atoms with Gasteiger partial charge in [0.1, 0.15) is 0 Å². The Morgan fingerprint density at radius 3 is 2.83 bits per heavy atom. The topological polar surface area (TPSA) is 82.9 Å². The number of amides is 2. The zero-order valence-electron chi connectivity index (χ0n) is 10.2. The van der Waals surface area contributed by atoms with E-state index in [0.717, 1.165) is 11.9 Å². The average molecular weight is 246 g/mol. The Hall–Kier alpha value is -2.01. The molecule has 1 aromatic heterocycles. The highest BCUT2D eigenvalue weighted by atomic mass is 16.2. The zero-order chi connectivity index (χ0) is 12.8. The lowest BCUT2D eigenvalue weighted by Gasteiger charge is -2.05. The smallest absolute Gasteiger partial charge is 0.314 e. The van der Waals surface area contributed by atoms with Gasteiger partial charge in [-0.2, -0.15) is 0 Å². The lowest BCUT2D eigenvalue weighted by Crippen LogP contribution is -2.39. The Labute approximate surface area is 106 Å². The summed E-state index contributed by atoms with van der Waals surface area (Å²) in [6.07, 6.45) is 2.80. The number of aromatic amines is 1. The largest absolute Gasteiger partial charge is 0.361 e. The van der Waals surface area contributed by atoms with Crippen molar-refractivity contribution in [2.24, 2.45) is 5.73 Å². The number of nitrogens with one attached hydrogen (secondary N) is 3. The van der Waals surface area contributed by atoms with Crippen LogP contribution in [-0.4, -0.2) is 30.6 Å². The van der Waals surface area contributed by atoms with Crippen LogP contribution in [0.2, 0.25) is 0 Å². The molecule has 0 fully saturated rings. The predicted octanol–water partition coefficient (Wildman–Crippen LogP) is 0.968. The maximum Gasteiger partial charge on any atom is 0.314 e. The van der Waals surface area contributed by atoms with Crippen LogP contribution in [0.3, 0.4) is 0 Å². The first kappa shape index (κ1) is 12.4. The van der Waals surface area contributed by atoms with Crippen molar-refractivity contribution < 1.29 is 4.79 Å². The van der Waals surface area contributed by atoms with Crippen LogP contribution in [0.1, 0.15) is 5.56 Å². The third kappa shape index (κ3) is 3.01. The van der Waals surface area contributed by atoms with Crippen molar-refractivity contribution in [3.8, 4) is 0 Å². The Kier molecular flexibility index (Phi) is 4.20. The molecule has 0 aliphatic rings. The quantitative estimate of drug-likeness (QED) is 0.634. The third-order valence-electron chi connectivity index (χ3n) is 2.78. The van der Waals surface area contributed by atoms with Gasteiger partial charge in [-0.3, -0.25) is 0 Å². The molecule has 0 atom stereocenters. The molecule has 0 radical (unpaired) electrons. The highest BCUT2D eigenvalue weighted by Crippen LogP contribution is 2.17. The van der Waals surface area contributed by atoms with Crippen molar-refractivity contribution in [1.82, 2.24) is 15.6 Å². The van der Waals surface area contributed by atoms with Gasteiger partial charge in [-0.15, -0.1) is 0 Å². The van der Waals surface area contributed by atoms with E-state index in [-0.39, 0.29) is 6.03 Å². The molecular weight excluding hydrogens is 228 g/mol. The molecule has 5 heteroatoms. The Balaban J connectivity index is 1.85. The van der Waals surface area contributed by atoms with E-state index in [1.54, 1.807) is 0 Å². The monoisotopic (exact) mass is 246 g/mol. The van der Waals surface area contributed by atoms with E-state index < -0.39 is 0 Å². The normalized spacial score (nSPS) is 10.5. The molecule has 0 saturated heterocycles. The van der Waals surface area contributed by atoms with Gasteiger partial charge in [0.25, 0.3) is 0 Å². The Morgan fingerprint density at radius 1 is 1.22 bits per heavy atom. The molecule has 5 N–H and O–H groups in total. The second-order valence-corrected chi connectivity index (χ2v) is 4.08. The number of carbonyl (C=O) groups is 1. The van der Waals surface area contributed by atoms with Gasteiger partial charge >= 0.3 is 6.03 Å². The number of H-pyrrole nitrogens is 1. The fraction of sp³-hybridized carbons (Fsp3) is 0.308. The summed E-state index contributed by atoms with van der Waals surface area (Å²) >= 11 is 0. The predicted molar refractivity (Wildman–Crippen MR) is 72.5 cm³/mol. The summed E-state index contributed by atoms with van der Waals surface area (Å²) in [7, 11) is 0. The van der Waals surface area contributed by atoms with Crippen molar-refractivity contribution in [2.45, 2.75) is 6.42 Å². The van der Waals surface area contributed by atoms with E-state index in [1.807, 2.05) is 24.4 Å². The van der Waals surface area contributed by atoms with Crippen LogP contribution in [-0.2, 0) is 6.42 Å². The highest BCUT2D eigenvalue weighted by Gasteiger charge is 2.03. The van der Waals surface area contributed by atoms with Crippen molar-refractivity contribution >= 4 is 16.9 Å². The zero-order valence-corrected chi connectivity index (χ0v) is 10.2. The third-order valence-corrected chi connectivity index (χ3v) is 2.78. The van der Waals surface area contributed by atoms with E-state index in [1.165, 1.54) is 10.9 Å². The number of hydrogen-bond donors (Lipinski definition) is 4. The fourth-order valence-electron chi connectivity index (χ4n) is 1.90. The van der Waals surface area contributed by atoms with Crippen molar-refractivity contribution in [3.63, 3.8) is 0 Å². The van der Waals surface area contributed by atoms with E-state index in [0.29, 0.717) is 19.6 Å². The highest BCUT2D eigenvalue weighted by molar-refractivity contribution is 5.83. The van der Waals surface area contributed by atoms with Crippen LogP contribution in [0, 0.1) is 0 Å². The molecule has 18 heavy (non-hydrogen) atoms. The maximum atomic E-state index is 11.3. The summed E-state index contributed by atoms with van der Waals surface area (Å²) in [5.41, 5.74) is 7.64. The van der Waals surface area contributed by atoms with E-state index >= 15 is 0 Å². The van der Waals surface area contributed by atoms with Gasteiger partial charge in [0.15, 0.2) is 0 Å². The lowest BCUT2D eigenvalue weighted by molar-refractivity contribution is 0.241. The van der Waals surface area contributed by atoms with Crippen LogP contribution < -0.4 is 16.4 Å². The average Bonchev–Trinajstić information content (AvgIpc) is 2.80. The molecule has 1 heterocycles. The van der Waals surface area contributed by atoms with Crippen LogP contribution in [0.4, 0.5) is 4.79 Å². The molecule has 0 saturated carbocycles. The fourth-order valence-corrected chi connectivity index (χ4v) is 1.90. The molecule has 2 rings (SSSR count). The molecule has 2 aromatic rings. The lowest BCUT2D eigenvalue weighted by atomic mass is 10.1. The molecule has 0 unspecified atom stereocenters. The number of benzene rings is 1. The van der Waals surface area contributed by atoms with Crippen molar-refractivity contribution in [1.29, 1.82) is 0 Å².